The van der Waals surface area contributed by atoms with Crippen LogP contribution in [-0.4, -0.2) is 24.5 Å². The number of rotatable bonds is 13. The molecule has 0 bridgehead atoms. The summed E-state index contributed by atoms with van der Waals surface area (Å²) in [5.41, 5.74) is 0. The van der Waals surface area contributed by atoms with Crippen molar-refractivity contribution in [3.8, 4) is 0 Å². The summed E-state index contributed by atoms with van der Waals surface area (Å²) in [4.78, 5) is 2.68. The van der Waals surface area contributed by atoms with Crippen LogP contribution in [0.1, 0.15) is 86.0 Å². The van der Waals surface area contributed by atoms with E-state index in [4.69, 9.17) is 0 Å². The summed E-state index contributed by atoms with van der Waals surface area (Å²) in [6.07, 6.45) is 11.1. The Morgan fingerprint density at radius 3 is 1.32 bits per heavy atom. The van der Waals surface area contributed by atoms with Crippen LogP contribution in [0, 0.1) is 11.8 Å². The second-order valence-electron chi connectivity index (χ2n) is 6.14. The van der Waals surface area contributed by atoms with Gasteiger partial charge in [-0.15, -0.1) is 0 Å². The lowest BCUT2D eigenvalue weighted by Gasteiger charge is -2.25. The van der Waals surface area contributed by atoms with E-state index in [-0.39, 0.29) is 0 Å². The van der Waals surface area contributed by atoms with Crippen LogP contribution in [0.25, 0.3) is 0 Å². The molecular weight excluding hydrogens is 230 g/mol. The Morgan fingerprint density at radius 1 is 0.632 bits per heavy atom. The van der Waals surface area contributed by atoms with Crippen LogP contribution in [0.15, 0.2) is 0 Å². The quantitative estimate of drug-likeness (QED) is 0.412. The van der Waals surface area contributed by atoms with Crippen molar-refractivity contribution in [2.75, 3.05) is 19.6 Å². The van der Waals surface area contributed by atoms with E-state index in [1.54, 1.807) is 0 Å². The lowest BCUT2D eigenvalue weighted by atomic mass is 9.95. The van der Waals surface area contributed by atoms with E-state index < -0.39 is 0 Å². The van der Waals surface area contributed by atoms with Gasteiger partial charge in [-0.25, -0.2) is 0 Å². The van der Waals surface area contributed by atoms with Crippen LogP contribution in [-0.2, 0) is 0 Å². The number of nitrogens with zero attached hydrogens (tertiary/aromatic N) is 1. The first-order chi connectivity index (χ1) is 9.21. The van der Waals surface area contributed by atoms with Gasteiger partial charge in [-0.3, -0.25) is 0 Å². The fraction of sp³-hybridized carbons (Fsp3) is 1.00. The molecule has 0 aliphatic rings. The molecule has 0 fully saturated rings. The van der Waals surface area contributed by atoms with Gasteiger partial charge < -0.3 is 4.90 Å². The first-order valence-corrected chi connectivity index (χ1v) is 8.93. The van der Waals surface area contributed by atoms with E-state index in [1.165, 1.54) is 71.0 Å². The highest BCUT2D eigenvalue weighted by Gasteiger charge is 2.11. The Hall–Kier alpha value is -0.0400. The third-order valence-corrected chi connectivity index (χ3v) is 4.70. The molecule has 2 unspecified atom stereocenters. The zero-order valence-corrected chi connectivity index (χ0v) is 14.4. The number of hydrogen-bond donors (Lipinski definition) is 0. The summed E-state index contributed by atoms with van der Waals surface area (Å²) in [6.45, 7) is 15.5. The topological polar surface area (TPSA) is 3.24 Å². The van der Waals surface area contributed by atoms with Gasteiger partial charge in [0.05, 0.1) is 0 Å². The molecule has 0 aromatic carbocycles. The van der Waals surface area contributed by atoms with Gasteiger partial charge in [0, 0.05) is 0 Å². The smallest absolute Gasteiger partial charge is 0.00162 e. The molecular formula is C18H39N. The maximum Gasteiger partial charge on any atom is -0.00162 e. The second kappa shape index (κ2) is 13.0. The van der Waals surface area contributed by atoms with Crippen molar-refractivity contribution in [3.05, 3.63) is 0 Å². The molecule has 1 nitrogen and oxygen atoms in total. The fourth-order valence-corrected chi connectivity index (χ4v) is 3.08. The van der Waals surface area contributed by atoms with Gasteiger partial charge in [-0.2, -0.15) is 0 Å². The predicted molar refractivity (Wildman–Crippen MR) is 88.7 cm³/mol. The molecule has 0 saturated carbocycles. The molecule has 0 aromatic heterocycles. The highest BCUT2D eigenvalue weighted by molar-refractivity contribution is 4.65. The first-order valence-electron chi connectivity index (χ1n) is 8.93. The van der Waals surface area contributed by atoms with Crippen LogP contribution >= 0.6 is 0 Å². The molecule has 0 saturated heterocycles. The molecule has 0 aromatic rings. The van der Waals surface area contributed by atoms with Crippen molar-refractivity contribution in [1.82, 2.24) is 4.90 Å². The molecule has 0 rings (SSSR count). The molecule has 116 valence electrons. The van der Waals surface area contributed by atoms with Crippen LogP contribution in [0.4, 0.5) is 0 Å². The van der Waals surface area contributed by atoms with Crippen molar-refractivity contribution in [2.45, 2.75) is 86.0 Å². The van der Waals surface area contributed by atoms with E-state index >= 15 is 0 Å². The average Bonchev–Trinajstić information content (AvgIpc) is 2.44. The molecule has 19 heavy (non-hydrogen) atoms. The Labute approximate surface area is 123 Å². The van der Waals surface area contributed by atoms with E-state index in [1.807, 2.05) is 0 Å². The van der Waals surface area contributed by atoms with Crippen LogP contribution in [0.5, 0.6) is 0 Å². The van der Waals surface area contributed by atoms with Gasteiger partial charge in [0.1, 0.15) is 0 Å². The molecule has 1 heteroatoms. The maximum atomic E-state index is 2.68. The van der Waals surface area contributed by atoms with E-state index in [0.29, 0.717) is 0 Å². The van der Waals surface area contributed by atoms with E-state index in [0.717, 1.165) is 11.8 Å². The predicted octanol–water partition coefficient (Wildman–Crippen LogP) is 5.74. The summed E-state index contributed by atoms with van der Waals surface area (Å²) >= 11 is 0. The third kappa shape index (κ3) is 9.49. The van der Waals surface area contributed by atoms with Gasteiger partial charge in [0.25, 0.3) is 0 Å². The molecule has 2 atom stereocenters. The van der Waals surface area contributed by atoms with Crippen molar-refractivity contribution in [2.24, 2.45) is 11.8 Å². The Morgan fingerprint density at radius 2 is 1.05 bits per heavy atom. The lowest BCUT2D eigenvalue weighted by Crippen LogP contribution is -2.28. The Balaban J connectivity index is 3.92. The van der Waals surface area contributed by atoms with Crippen LogP contribution < -0.4 is 0 Å². The zero-order chi connectivity index (χ0) is 14.5. The largest absolute Gasteiger partial charge is 0.304 e. The molecule has 0 spiro atoms. The summed E-state index contributed by atoms with van der Waals surface area (Å²) < 4.78 is 0. The van der Waals surface area contributed by atoms with Crippen molar-refractivity contribution in [3.63, 3.8) is 0 Å². The van der Waals surface area contributed by atoms with E-state index in [9.17, 15) is 0 Å². The van der Waals surface area contributed by atoms with E-state index in [2.05, 4.69) is 39.5 Å². The maximum absolute atomic E-state index is 2.68. The summed E-state index contributed by atoms with van der Waals surface area (Å²) in [5.74, 6) is 1.91. The van der Waals surface area contributed by atoms with Crippen molar-refractivity contribution in [1.29, 1.82) is 0 Å². The first kappa shape index (κ1) is 19.0. The standard InChI is InChI=1S/C18H39N/c1-6-11-17(8-3)13-15-19(10-5)16-14-18(9-4)12-7-2/h17-18H,6-16H2,1-5H3. The summed E-state index contributed by atoms with van der Waals surface area (Å²) in [7, 11) is 0. The Kier molecular flexibility index (Phi) is 12.9. The van der Waals surface area contributed by atoms with Gasteiger partial charge in [0.15, 0.2) is 0 Å². The normalized spacial score (nSPS) is 14.8. The SMILES string of the molecule is CCCC(CC)CCN(CC)CCC(CC)CCC. The minimum Gasteiger partial charge on any atom is -0.304 e. The Bertz CT molecular complexity index is 161. The summed E-state index contributed by atoms with van der Waals surface area (Å²) in [5, 5.41) is 0. The van der Waals surface area contributed by atoms with Gasteiger partial charge in [-0.1, -0.05) is 73.1 Å². The molecule has 0 aliphatic heterocycles. The fourth-order valence-electron chi connectivity index (χ4n) is 3.08. The van der Waals surface area contributed by atoms with Gasteiger partial charge in [0.2, 0.25) is 0 Å². The van der Waals surface area contributed by atoms with Crippen LogP contribution in [0.2, 0.25) is 0 Å². The monoisotopic (exact) mass is 269 g/mol. The summed E-state index contributed by atoms with van der Waals surface area (Å²) in [6, 6.07) is 0. The van der Waals surface area contributed by atoms with Crippen molar-refractivity contribution < 1.29 is 0 Å². The van der Waals surface area contributed by atoms with Gasteiger partial charge >= 0.3 is 0 Å². The molecule has 0 aliphatic carbocycles. The highest BCUT2D eigenvalue weighted by atomic mass is 15.1. The average molecular weight is 270 g/mol. The second-order valence-corrected chi connectivity index (χ2v) is 6.14. The third-order valence-electron chi connectivity index (χ3n) is 4.70. The lowest BCUT2D eigenvalue weighted by molar-refractivity contribution is 0.233. The number of hydrogen-bond acceptors (Lipinski definition) is 1. The van der Waals surface area contributed by atoms with Crippen molar-refractivity contribution >= 4 is 0 Å². The zero-order valence-electron chi connectivity index (χ0n) is 14.4. The van der Waals surface area contributed by atoms with Crippen LogP contribution in [0.3, 0.4) is 0 Å². The van der Waals surface area contributed by atoms with Gasteiger partial charge in [-0.05, 0) is 44.3 Å². The molecule has 0 N–H and O–H groups in total. The molecule has 0 radical (unpaired) electrons. The minimum atomic E-state index is 0.955. The highest BCUT2D eigenvalue weighted by Crippen LogP contribution is 2.18. The minimum absolute atomic E-state index is 0.955. The molecule has 0 heterocycles. The molecule has 0 amide bonds.